The molecule has 0 saturated heterocycles. The summed E-state index contributed by atoms with van der Waals surface area (Å²) in [5.41, 5.74) is 1.76. The molecule has 0 amide bonds. The fraction of sp³-hybridized carbons (Fsp3) is 0.444. The van der Waals surface area contributed by atoms with Crippen molar-refractivity contribution in [2.24, 2.45) is 0 Å². The lowest BCUT2D eigenvalue weighted by Crippen LogP contribution is -1.98. The van der Waals surface area contributed by atoms with Crippen LogP contribution in [0.3, 0.4) is 0 Å². The number of hydrogen-bond acceptors (Lipinski definition) is 2. The van der Waals surface area contributed by atoms with Gasteiger partial charge in [0, 0.05) is 5.56 Å². The second kappa shape index (κ2) is 3.01. The van der Waals surface area contributed by atoms with Gasteiger partial charge in [-0.1, -0.05) is 6.92 Å². The molecular formula is C9H12O3. The Kier molecular flexibility index (Phi) is 2.22. The highest BCUT2D eigenvalue weighted by Gasteiger charge is 2.18. The van der Waals surface area contributed by atoms with E-state index in [2.05, 4.69) is 0 Å². The van der Waals surface area contributed by atoms with Gasteiger partial charge in [0.2, 0.25) is 5.76 Å². The first-order valence-corrected chi connectivity index (χ1v) is 3.90. The van der Waals surface area contributed by atoms with Gasteiger partial charge in [0.1, 0.15) is 5.76 Å². The van der Waals surface area contributed by atoms with Crippen LogP contribution in [0.4, 0.5) is 0 Å². The van der Waals surface area contributed by atoms with Gasteiger partial charge in [-0.15, -0.1) is 0 Å². The van der Waals surface area contributed by atoms with Gasteiger partial charge in [-0.05, 0) is 25.8 Å². The first-order valence-electron chi connectivity index (χ1n) is 3.90. The highest BCUT2D eigenvalue weighted by molar-refractivity contribution is 5.86. The summed E-state index contributed by atoms with van der Waals surface area (Å²) in [4.78, 5) is 10.7. The third kappa shape index (κ3) is 1.22. The fourth-order valence-corrected chi connectivity index (χ4v) is 1.27. The van der Waals surface area contributed by atoms with Gasteiger partial charge in [-0.3, -0.25) is 0 Å². The second-order valence-corrected chi connectivity index (χ2v) is 2.75. The minimum absolute atomic E-state index is 0.0903. The molecular weight excluding hydrogens is 156 g/mol. The van der Waals surface area contributed by atoms with E-state index in [4.69, 9.17) is 9.52 Å². The van der Waals surface area contributed by atoms with Crippen LogP contribution in [-0.2, 0) is 6.42 Å². The number of furan rings is 1. The summed E-state index contributed by atoms with van der Waals surface area (Å²) in [6.45, 7) is 5.58. The second-order valence-electron chi connectivity index (χ2n) is 2.75. The molecule has 0 aliphatic carbocycles. The Hall–Kier alpha value is -1.25. The van der Waals surface area contributed by atoms with Crippen molar-refractivity contribution in [1.82, 2.24) is 0 Å². The van der Waals surface area contributed by atoms with Gasteiger partial charge < -0.3 is 9.52 Å². The molecule has 1 N–H and O–H groups in total. The Morgan fingerprint density at radius 2 is 2.08 bits per heavy atom. The van der Waals surface area contributed by atoms with E-state index in [1.165, 1.54) is 0 Å². The number of rotatable bonds is 2. The van der Waals surface area contributed by atoms with E-state index in [0.29, 0.717) is 12.2 Å². The lowest BCUT2D eigenvalue weighted by molar-refractivity contribution is 0.0659. The van der Waals surface area contributed by atoms with E-state index in [0.717, 1.165) is 11.1 Å². The molecule has 0 bridgehead atoms. The molecule has 0 aliphatic heterocycles. The van der Waals surface area contributed by atoms with Crippen molar-refractivity contribution in [3.8, 4) is 0 Å². The predicted molar refractivity (Wildman–Crippen MR) is 44.5 cm³/mol. The summed E-state index contributed by atoms with van der Waals surface area (Å²) >= 11 is 0. The van der Waals surface area contributed by atoms with Crippen molar-refractivity contribution in [3.63, 3.8) is 0 Å². The minimum atomic E-state index is -0.983. The number of carboxylic acids is 1. The van der Waals surface area contributed by atoms with Gasteiger partial charge in [0.25, 0.3) is 0 Å². The molecule has 1 rings (SSSR count). The van der Waals surface area contributed by atoms with Crippen LogP contribution < -0.4 is 0 Å². The molecule has 66 valence electrons. The highest BCUT2D eigenvalue weighted by Crippen LogP contribution is 2.21. The van der Waals surface area contributed by atoms with Crippen LogP contribution in [-0.4, -0.2) is 11.1 Å². The van der Waals surface area contributed by atoms with Gasteiger partial charge in [0.05, 0.1) is 0 Å². The summed E-state index contributed by atoms with van der Waals surface area (Å²) in [7, 11) is 0. The van der Waals surface area contributed by atoms with E-state index in [1.54, 1.807) is 6.92 Å². The van der Waals surface area contributed by atoms with Crippen LogP contribution in [0.5, 0.6) is 0 Å². The molecule has 1 aromatic rings. The van der Waals surface area contributed by atoms with E-state index >= 15 is 0 Å². The number of hydrogen-bond donors (Lipinski definition) is 1. The fourth-order valence-electron chi connectivity index (χ4n) is 1.27. The third-order valence-corrected chi connectivity index (χ3v) is 2.06. The zero-order valence-corrected chi connectivity index (χ0v) is 7.47. The number of aryl methyl sites for hydroxylation is 1. The Labute approximate surface area is 71.0 Å². The van der Waals surface area contributed by atoms with E-state index in [-0.39, 0.29) is 5.76 Å². The lowest BCUT2D eigenvalue weighted by atomic mass is 10.1. The molecule has 0 spiro atoms. The number of carboxylic acid groups (broad SMARTS) is 1. The summed E-state index contributed by atoms with van der Waals surface area (Å²) in [5.74, 6) is -0.195. The molecule has 0 radical (unpaired) electrons. The summed E-state index contributed by atoms with van der Waals surface area (Å²) < 4.78 is 5.10. The molecule has 0 atom stereocenters. The van der Waals surface area contributed by atoms with Gasteiger partial charge in [0.15, 0.2) is 0 Å². The largest absolute Gasteiger partial charge is 0.475 e. The SMILES string of the molecule is CCc1c(C(=O)O)oc(C)c1C. The predicted octanol–water partition coefficient (Wildman–Crippen LogP) is 2.16. The Morgan fingerprint density at radius 1 is 1.50 bits per heavy atom. The normalized spacial score (nSPS) is 10.2. The average molecular weight is 168 g/mol. The van der Waals surface area contributed by atoms with Crippen LogP contribution in [0, 0.1) is 13.8 Å². The zero-order chi connectivity index (χ0) is 9.30. The zero-order valence-electron chi connectivity index (χ0n) is 7.47. The topological polar surface area (TPSA) is 50.4 Å². The summed E-state index contributed by atoms with van der Waals surface area (Å²) in [6.07, 6.45) is 0.699. The van der Waals surface area contributed by atoms with Gasteiger partial charge >= 0.3 is 5.97 Å². The van der Waals surface area contributed by atoms with Crippen LogP contribution in [0.2, 0.25) is 0 Å². The molecule has 0 unspecified atom stereocenters. The summed E-state index contributed by atoms with van der Waals surface area (Å²) in [6, 6.07) is 0. The van der Waals surface area contributed by atoms with E-state index < -0.39 is 5.97 Å². The molecule has 1 aromatic heterocycles. The Balaban J connectivity index is 3.29. The molecule has 0 saturated carbocycles. The maximum absolute atomic E-state index is 10.7. The molecule has 12 heavy (non-hydrogen) atoms. The van der Waals surface area contributed by atoms with Crippen LogP contribution >= 0.6 is 0 Å². The standard InChI is InChI=1S/C9H12O3/c1-4-7-5(2)6(3)12-8(7)9(10)11/h4H2,1-3H3,(H,10,11). The smallest absolute Gasteiger partial charge is 0.372 e. The van der Waals surface area contributed by atoms with Crippen molar-refractivity contribution in [2.75, 3.05) is 0 Å². The van der Waals surface area contributed by atoms with Crippen molar-refractivity contribution in [2.45, 2.75) is 27.2 Å². The Bertz CT molecular complexity index is 310. The quantitative estimate of drug-likeness (QED) is 0.736. The number of carbonyl (C=O) groups is 1. The maximum atomic E-state index is 10.7. The molecule has 3 heteroatoms. The third-order valence-electron chi connectivity index (χ3n) is 2.06. The van der Waals surface area contributed by atoms with E-state index in [1.807, 2.05) is 13.8 Å². The van der Waals surface area contributed by atoms with Crippen LogP contribution in [0.15, 0.2) is 4.42 Å². The molecule has 0 aromatic carbocycles. The first-order chi connectivity index (χ1) is 5.57. The maximum Gasteiger partial charge on any atom is 0.372 e. The van der Waals surface area contributed by atoms with Crippen molar-refractivity contribution >= 4 is 5.97 Å². The monoisotopic (exact) mass is 168 g/mol. The molecule has 3 nitrogen and oxygen atoms in total. The average Bonchev–Trinajstić information content (AvgIpc) is 2.29. The minimum Gasteiger partial charge on any atom is -0.475 e. The Morgan fingerprint density at radius 3 is 2.42 bits per heavy atom. The summed E-state index contributed by atoms with van der Waals surface area (Å²) in [5, 5.41) is 8.74. The van der Waals surface area contributed by atoms with Gasteiger partial charge in [-0.25, -0.2) is 4.79 Å². The lowest BCUT2D eigenvalue weighted by Gasteiger charge is -1.93. The first kappa shape index (κ1) is 8.84. The number of aromatic carboxylic acids is 1. The van der Waals surface area contributed by atoms with Crippen LogP contribution in [0.25, 0.3) is 0 Å². The molecule has 0 aliphatic rings. The van der Waals surface area contributed by atoms with Crippen LogP contribution in [0.1, 0.15) is 34.4 Å². The molecule has 1 heterocycles. The van der Waals surface area contributed by atoms with Crippen molar-refractivity contribution < 1.29 is 14.3 Å². The van der Waals surface area contributed by atoms with E-state index in [9.17, 15) is 4.79 Å². The molecule has 0 fully saturated rings. The van der Waals surface area contributed by atoms with Crippen molar-refractivity contribution in [1.29, 1.82) is 0 Å². The van der Waals surface area contributed by atoms with Gasteiger partial charge in [-0.2, -0.15) is 0 Å². The van der Waals surface area contributed by atoms with Crippen molar-refractivity contribution in [3.05, 3.63) is 22.6 Å². The highest BCUT2D eigenvalue weighted by atomic mass is 16.4.